The van der Waals surface area contributed by atoms with E-state index in [0.29, 0.717) is 23.7 Å². The van der Waals surface area contributed by atoms with Crippen LogP contribution in [0, 0.1) is 10.1 Å². The summed E-state index contributed by atoms with van der Waals surface area (Å²) in [6.07, 6.45) is 0.847. The van der Waals surface area contributed by atoms with Gasteiger partial charge in [0.15, 0.2) is 5.58 Å². The number of nitrogens with zero attached hydrogens (tertiary/aromatic N) is 2. The van der Waals surface area contributed by atoms with Gasteiger partial charge in [0.25, 0.3) is 11.7 Å². The zero-order valence-corrected chi connectivity index (χ0v) is 11.2. The van der Waals surface area contributed by atoms with Crippen LogP contribution in [0.15, 0.2) is 52.9 Å². The van der Waals surface area contributed by atoms with Crippen LogP contribution in [0.3, 0.4) is 0 Å². The molecule has 6 heteroatoms. The molecule has 0 aliphatic carbocycles. The number of hydrogen-bond donors (Lipinski definition) is 1. The average Bonchev–Trinajstić information content (AvgIpc) is 2.90. The molecule has 0 unspecified atom stereocenters. The molecule has 0 fully saturated rings. The summed E-state index contributed by atoms with van der Waals surface area (Å²) in [7, 11) is 0. The van der Waals surface area contributed by atoms with Crippen LogP contribution >= 0.6 is 0 Å². The molecule has 0 radical (unpaired) electrons. The first kappa shape index (κ1) is 13.1. The number of rotatable bonds is 5. The van der Waals surface area contributed by atoms with E-state index in [2.05, 4.69) is 22.4 Å². The second-order valence-electron chi connectivity index (χ2n) is 4.59. The first-order valence-electron chi connectivity index (χ1n) is 6.55. The Labute approximate surface area is 120 Å². The number of fused-ring (bicyclic) bond motifs is 1. The van der Waals surface area contributed by atoms with Crippen LogP contribution in [0.4, 0.5) is 11.7 Å². The fourth-order valence-corrected chi connectivity index (χ4v) is 2.06. The third-order valence-corrected chi connectivity index (χ3v) is 3.11. The molecule has 0 saturated heterocycles. The first-order chi connectivity index (χ1) is 10.2. The summed E-state index contributed by atoms with van der Waals surface area (Å²) < 4.78 is 5.50. The number of aromatic nitrogens is 1. The van der Waals surface area contributed by atoms with Crippen LogP contribution in [-0.2, 0) is 6.42 Å². The molecule has 0 atom stereocenters. The number of hydrogen-bond acceptors (Lipinski definition) is 5. The van der Waals surface area contributed by atoms with Gasteiger partial charge in [-0.2, -0.15) is 4.98 Å². The fraction of sp³-hybridized carbons (Fsp3) is 0.133. The highest BCUT2D eigenvalue weighted by Crippen LogP contribution is 2.23. The SMILES string of the molecule is O=[N+]([O-])c1ccc2oc(NCCc3ccccc3)nc2c1. The molecule has 3 aromatic rings. The summed E-state index contributed by atoms with van der Waals surface area (Å²) in [6.45, 7) is 0.679. The monoisotopic (exact) mass is 283 g/mol. The second-order valence-corrected chi connectivity index (χ2v) is 4.59. The number of benzene rings is 2. The van der Waals surface area contributed by atoms with Gasteiger partial charge in [0.05, 0.1) is 4.92 Å². The van der Waals surface area contributed by atoms with Crippen LogP contribution in [0.5, 0.6) is 0 Å². The van der Waals surface area contributed by atoms with E-state index in [1.54, 1.807) is 6.07 Å². The van der Waals surface area contributed by atoms with E-state index in [4.69, 9.17) is 4.42 Å². The molecule has 1 N–H and O–H groups in total. The largest absolute Gasteiger partial charge is 0.424 e. The summed E-state index contributed by atoms with van der Waals surface area (Å²) in [6, 6.07) is 14.8. The third-order valence-electron chi connectivity index (χ3n) is 3.11. The Morgan fingerprint density at radius 1 is 1.19 bits per heavy atom. The van der Waals surface area contributed by atoms with Crippen molar-refractivity contribution in [2.45, 2.75) is 6.42 Å². The van der Waals surface area contributed by atoms with Gasteiger partial charge in [-0.05, 0) is 18.1 Å². The topological polar surface area (TPSA) is 81.2 Å². The normalized spacial score (nSPS) is 10.7. The van der Waals surface area contributed by atoms with Crippen molar-refractivity contribution < 1.29 is 9.34 Å². The van der Waals surface area contributed by atoms with Gasteiger partial charge >= 0.3 is 0 Å². The Kier molecular flexibility index (Phi) is 3.51. The molecule has 3 rings (SSSR count). The van der Waals surface area contributed by atoms with Crippen molar-refractivity contribution in [3.63, 3.8) is 0 Å². The fourth-order valence-electron chi connectivity index (χ4n) is 2.06. The lowest BCUT2D eigenvalue weighted by molar-refractivity contribution is -0.384. The quantitative estimate of drug-likeness (QED) is 0.573. The van der Waals surface area contributed by atoms with E-state index in [9.17, 15) is 10.1 Å². The van der Waals surface area contributed by atoms with E-state index in [-0.39, 0.29) is 5.69 Å². The Balaban J connectivity index is 1.68. The second kappa shape index (κ2) is 5.62. The lowest BCUT2D eigenvalue weighted by atomic mass is 10.1. The first-order valence-corrected chi connectivity index (χ1v) is 6.55. The summed E-state index contributed by atoms with van der Waals surface area (Å²) in [5.41, 5.74) is 2.23. The third kappa shape index (κ3) is 3.00. The molecule has 6 nitrogen and oxygen atoms in total. The van der Waals surface area contributed by atoms with Gasteiger partial charge in [-0.3, -0.25) is 10.1 Å². The number of nitrogens with one attached hydrogen (secondary N) is 1. The van der Waals surface area contributed by atoms with Gasteiger partial charge < -0.3 is 9.73 Å². The highest BCUT2D eigenvalue weighted by atomic mass is 16.6. The molecule has 0 spiro atoms. The standard InChI is InChI=1S/C15H13N3O3/c19-18(20)12-6-7-14-13(10-12)17-15(21-14)16-9-8-11-4-2-1-3-5-11/h1-7,10H,8-9H2,(H,16,17). The summed E-state index contributed by atoms with van der Waals surface area (Å²) in [5, 5.41) is 13.8. The zero-order chi connectivity index (χ0) is 14.7. The van der Waals surface area contributed by atoms with Gasteiger partial charge in [0, 0.05) is 18.7 Å². The van der Waals surface area contributed by atoms with E-state index < -0.39 is 4.92 Å². The zero-order valence-electron chi connectivity index (χ0n) is 11.2. The maximum absolute atomic E-state index is 10.7. The molecule has 106 valence electrons. The number of anilines is 1. The highest BCUT2D eigenvalue weighted by Gasteiger charge is 2.11. The molecular weight excluding hydrogens is 270 g/mol. The van der Waals surface area contributed by atoms with Crippen LogP contribution in [-0.4, -0.2) is 16.5 Å². The van der Waals surface area contributed by atoms with Crippen LogP contribution in [0.25, 0.3) is 11.1 Å². The van der Waals surface area contributed by atoms with E-state index in [1.165, 1.54) is 17.7 Å². The number of nitro benzene ring substituents is 1. The summed E-state index contributed by atoms with van der Waals surface area (Å²) in [5.74, 6) is 0. The van der Waals surface area contributed by atoms with Crippen molar-refractivity contribution in [3.8, 4) is 0 Å². The minimum absolute atomic E-state index is 0.00614. The maximum Gasteiger partial charge on any atom is 0.295 e. The minimum atomic E-state index is -0.448. The lowest BCUT2D eigenvalue weighted by Gasteiger charge is -2.01. The van der Waals surface area contributed by atoms with Crippen molar-refractivity contribution in [1.29, 1.82) is 0 Å². The molecule has 1 aromatic heterocycles. The summed E-state index contributed by atoms with van der Waals surface area (Å²) >= 11 is 0. The van der Waals surface area contributed by atoms with Crippen molar-refractivity contribution in [3.05, 3.63) is 64.2 Å². The van der Waals surface area contributed by atoms with E-state index >= 15 is 0 Å². The van der Waals surface area contributed by atoms with Gasteiger partial charge in [0.1, 0.15) is 5.52 Å². The number of oxazole rings is 1. The Morgan fingerprint density at radius 2 is 2.00 bits per heavy atom. The van der Waals surface area contributed by atoms with E-state index in [0.717, 1.165) is 6.42 Å². The van der Waals surface area contributed by atoms with Gasteiger partial charge in [-0.1, -0.05) is 30.3 Å². The molecule has 2 aromatic carbocycles. The minimum Gasteiger partial charge on any atom is -0.424 e. The smallest absolute Gasteiger partial charge is 0.295 e. The molecular formula is C15H13N3O3. The van der Waals surface area contributed by atoms with Gasteiger partial charge in [-0.15, -0.1) is 0 Å². The van der Waals surface area contributed by atoms with Crippen molar-refractivity contribution in [1.82, 2.24) is 4.98 Å². The maximum atomic E-state index is 10.7. The Bertz CT molecular complexity index is 768. The predicted molar refractivity (Wildman–Crippen MR) is 79.3 cm³/mol. The van der Waals surface area contributed by atoms with Crippen LogP contribution in [0.2, 0.25) is 0 Å². The molecule has 21 heavy (non-hydrogen) atoms. The Hall–Kier alpha value is -2.89. The van der Waals surface area contributed by atoms with Gasteiger partial charge in [-0.25, -0.2) is 0 Å². The van der Waals surface area contributed by atoms with Crippen LogP contribution in [0.1, 0.15) is 5.56 Å². The number of nitro groups is 1. The van der Waals surface area contributed by atoms with Crippen molar-refractivity contribution in [2.75, 3.05) is 11.9 Å². The summed E-state index contributed by atoms with van der Waals surface area (Å²) in [4.78, 5) is 14.5. The van der Waals surface area contributed by atoms with E-state index in [1.807, 2.05) is 18.2 Å². The molecule has 0 bridgehead atoms. The molecule has 0 saturated carbocycles. The molecule has 0 aliphatic heterocycles. The highest BCUT2D eigenvalue weighted by molar-refractivity contribution is 5.77. The lowest BCUT2D eigenvalue weighted by Crippen LogP contribution is -2.04. The van der Waals surface area contributed by atoms with Gasteiger partial charge in [0.2, 0.25) is 0 Å². The average molecular weight is 283 g/mol. The molecule has 0 aliphatic rings. The Morgan fingerprint density at radius 3 is 2.76 bits per heavy atom. The van der Waals surface area contributed by atoms with Crippen molar-refractivity contribution in [2.24, 2.45) is 0 Å². The molecule has 0 amide bonds. The number of non-ortho nitro benzene ring substituents is 1. The molecule has 1 heterocycles. The predicted octanol–water partition coefficient (Wildman–Crippen LogP) is 3.39. The van der Waals surface area contributed by atoms with Crippen molar-refractivity contribution >= 4 is 22.8 Å². The van der Waals surface area contributed by atoms with Crippen LogP contribution < -0.4 is 5.32 Å².